The van der Waals surface area contributed by atoms with Crippen LogP contribution in [0, 0.1) is 0 Å². The molecule has 0 aromatic heterocycles. The predicted molar refractivity (Wildman–Crippen MR) is 66.1 cm³/mol. The van der Waals surface area contributed by atoms with E-state index in [4.69, 9.17) is 9.47 Å². The number of cyclic esters (lactones) is 2. The summed E-state index contributed by atoms with van der Waals surface area (Å²) in [6, 6.07) is 3.45. The van der Waals surface area contributed by atoms with Gasteiger partial charge >= 0.3 is 11.9 Å². The van der Waals surface area contributed by atoms with E-state index in [2.05, 4.69) is 0 Å². The Morgan fingerprint density at radius 2 is 1.21 bits per heavy atom. The molecule has 0 radical (unpaired) electrons. The van der Waals surface area contributed by atoms with Gasteiger partial charge in [0.25, 0.3) is 0 Å². The predicted octanol–water partition coefficient (Wildman–Crippen LogP) is 2.73. The van der Waals surface area contributed by atoms with Gasteiger partial charge in [0.2, 0.25) is 6.79 Å². The van der Waals surface area contributed by atoms with Crippen molar-refractivity contribution in [2.45, 2.75) is 37.5 Å². The molecule has 5 rings (SSSR count). The topological polar surface area (TPSA) is 52.6 Å². The van der Waals surface area contributed by atoms with Gasteiger partial charge in [0.1, 0.15) is 0 Å². The van der Waals surface area contributed by atoms with Crippen LogP contribution in [-0.2, 0) is 9.47 Å². The summed E-state index contributed by atoms with van der Waals surface area (Å²) >= 11 is 0. The third-order valence-corrected chi connectivity index (χ3v) is 4.65. The highest BCUT2D eigenvalue weighted by Gasteiger charge is 2.39. The van der Waals surface area contributed by atoms with Crippen LogP contribution in [-0.4, -0.2) is 18.7 Å². The van der Waals surface area contributed by atoms with Crippen molar-refractivity contribution in [1.29, 1.82) is 0 Å². The van der Waals surface area contributed by atoms with Crippen LogP contribution in [0.4, 0.5) is 0 Å². The Balaban J connectivity index is 2.03. The summed E-state index contributed by atoms with van der Waals surface area (Å²) in [5, 5.41) is 0. The average molecular weight is 258 g/mol. The second kappa shape index (κ2) is 3.83. The lowest BCUT2D eigenvalue weighted by molar-refractivity contribution is -0.0162. The Labute approximate surface area is 110 Å². The minimum absolute atomic E-state index is 0.289. The molecule has 0 amide bonds. The fraction of sp³-hybridized carbons (Fsp3) is 0.467. The van der Waals surface area contributed by atoms with Crippen molar-refractivity contribution in [2.24, 2.45) is 0 Å². The van der Waals surface area contributed by atoms with Gasteiger partial charge in [-0.3, -0.25) is 0 Å². The summed E-state index contributed by atoms with van der Waals surface area (Å²) in [6.45, 7) is -0.289. The van der Waals surface area contributed by atoms with Gasteiger partial charge in [-0.1, -0.05) is 0 Å². The summed E-state index contributed by atoms with van der Waals surface area (Å²) in [7, 11) is 0. The summed E-state index contributed by atoms with van der Waals surface area (Å²) in [5.74, 6) is 0.0527. The molecule has 4 bridgehead atoms. The van der Waals surface area contributed by atoms with Crippen LogP contribution in [0.3, 0.4) is 0 Å². The quantitative estimate of drug-likeness (QED) is 0.671. The van der Waals surface area contributed by atoms with Crippen molar-refractivity contribution in [3.8, 4) is 0 Å². The largest absolute Gasteiger partial charge is 0.424 e. The van der Waals surface area contributed by atoms with Crippen molar-refractivity contribution in [3.63, 3.8) is 0 Å². The Morgan fingerprint density at radius 3 is 1.63 bits per heavy atom. The van der Waals surface area contributed by atoms with Gasteiger partial charge in [-0.15, -0.1) is 0 Å². The van der Waals surface area contributed by atoms with Gasteiger partial charge in [0.05, 0.1) is 11.1 Å². The third-order valence-electron chi connectivity index (χ3n) is 4.65. The third kappa shape index (κ3) is 1.46. The number of carbonyl (C=O) groups is 2. The van der Waals surface area contributed by atoms with E-state index in [1.54, 1.807) is 12.1 Å². The highest BCUT2D eigenvalue weighted by Crippen LogP contribution is 2.52. The molecule has 1 fully saturated rings. The maximum Gasteiger partial charge on any atom is 0.341 e. The van der Waals surface area contributed by atoms with E-state index in [1.807, 2.05) is 0 Å². The molecule has 4 nitrogen and oxygen atoms in total. The Bertz CT molecular complexity index is 531. The number of rotatable bonds is 0. The molecule has 1 aliphatic heterocycles. The van der Waals surface area contributed by atoms with Crippen LogP contribution in [0.15, 0.2) is 12.1 Å². The molecular formula is C15H14O4. The number of esters is 2. The monoisotopic (exact) mass is 258 g/mol. The molecule has 0 unspecified atom stereocenters. The van der Waals surface area contributed by atoms with Crippen LogP contribution >= 0.6 is 0 Å². The van der Waals surface area contributed by atoms with E-state index in [0.29, 0.717) is 23.0 Å². The molecule has 3 aliphatic carbocycles. The molecule has 0 N–H and O–H groups in total. The molecule has 1 saturated carbocycles. The molecular weight excluding hydrogens is 244 g/mol. The van der Waals surface area contributed by atoms with Gasteiger partial charge < -0.3 is 9.47 Å². The molecule has 98 valence electrons. The van der Waals surface area contributed by atoms with Gasteiger partial charge in [0.15, 0.2) is 0 Å². The number of ether oxygens (including phenoxy) is 2. The number of hydrogen-bond acceptors (Lipinski definition) is 4. The lowest BCUT2D eigenvalue weighted by atomic mass is 9.64. The Morgan fingerprint density at radius 1 is 0.789 bits per heavy atom. The van der Waals surface area contributed by atoms with Crippen LogP contribution in [0.2, 0.25) is 0 Å². The van der Waals surface area contributed by atoms with E-state index >= 15 is 0 Å². The van der Waals surface area contributed by atoms with Gasteiger partial charge in [-0.05, 0) is 60.8 Å². The van der Waals surface area contributed by atoms with Crippen molar-refractivity contribution >= 4 is 11.9 Å². The van der Waals surface area contributed by atoms with Crippen LogP contribution in [0.1, 0.15) is 69.4 Å². The van der Waals surface area contributed by atoms with Gasteiger partial charge in [-0.25, -0.2) is 9.59 Å². The molecule has 4 heteroatoms. The summed E-state index contributed by atoms with van der Waals surface area (Å²) in [5.41, 5.74) is 3.38. The van der Waals surface area contributed by atoms with E-state index in [0.717, 1.165) is 36.8 Å². The molecule has 19 heavy (non-hydrogen) atoms. The lowest BCUT2D eigenvalue weighted by Gasteiger charge is -2.39. The van der Waals surface area contributed by atoms with E-state index in [1.165, 1.54) is 0 Å². The number of benzene rings is 1. The molecule has 0 saturated heterocycles. The lowest BCUT2D eigenvalue weighted by Crippen LogP contribution is -2.26. The van der Waals surface area contributed by atoms with Crippen LogP contribution in [0.5, 0.6) is 0 Å². The maximum atomic E-state index is 12.1. The second-order valence-electron chi connectivity index (χ2n) is 5.52. The summed E-state index contributed by atoms with van der Waals surface area (Å²) in [6.07, 6.45) is 4.43. The van der Waals surface area contributed by atoms with Gasteiger partial charge in [-0.2, -0.15) is 0 Å². The highest BCUT2D eigenvalue weighted by atomic mass is 16.7. The first-order valence-electron chi connectivity index (χ1n) is 6.76. The molecule has 1 heterocycles. The SMILES string of the molecule is O=C1OCOC(=O)c2ccc1c1c2C2CCC1CC2. The minimum atomic E-state index is -0.370. The zero-order chi connectivity index (χ0) is 13.0. The Kier molecular flexibility index (Phi) is 2.22. The fourth-order valence-corrected chi connectivity index (χ4v) is 3.83. The fourth-order valence-electron chi connectivity index (χ4n) is 3.83. The highest BCUT2D eigenvalue weighted by molar-refractivity contribution is 5.98. The zero-order valence-corrected chi connectivity index (χ0v) is 10.5. The first-order chi connectivity index (χ1) is 9.25. The molecule has 4 aliphatic rings. The van der Waals surface area contributed by atoms with E-state index in [9.17, 15) is 9.59 Å². The average Bonchev–Trinajstić information content (AvgIpc) is 2.55. The van der Waals surface area contributed by atoms with Crippen molar-refractivity contribution in [1.82, 2.24) is 0 Å². The van der Waals surface area contributed by atoms with Crippen molar-refractivity contribution in [2.75, 3.05) is 6.79 Å². The smallest absolute Gasteiger partial charge is 0.341 e. The van der Waals surface area contributed by atoms with Crippen molar-refractivity contribution < 1.29 is 19.1 Å². The van der Waals surface area contributed by atoms with Crippen LogP contribution in [0.25, 0.3) is 0 Å². The minimum Gasteiger partial charge on any atom is -0.424 e. The summed E-state index contributed by atoms with van der Waals surface area (Å²) in [4.78, 5) is 24.1. The molecule has 0 spiro atoms. The zero-order valence-electron chi connectivity index (χ0n) is 10.5. The second-order valence-corrected chi connectivity index (χ2v) is 5.52. The molecule has 1 aromatic carbocycles. The van der Waals surface area contributed by atoms with E-state index < -0.39 is 0 Å². The summed E-state index contributed by atoms with van der Waals surface area (Å²) < 4.78 is 10.0. The molecule has 0 atom stereocenters. The number of carbonyl (C=O) groups excluding carboxylic acids is 2. The van der Waals surface area contributed by atoms with Crippen LogP contribution < -0.4 is 0 Å². The van der Waals surface area contributed by atoms with Gasteiger partial charge in [0, 0.05) is 0 Å². The van der Waals surface area contributed by atoms with E-state index in [-0.39, 0.29) is 18.7 Å². The standard InChI is InChI=1S/C15H14O4/c16-14-10-5-6-11(15(17)19-7-18-14)13-9-2-1-8(3-4-9)12(10)13/h5-6,8-9H,1-4,7H2. The Hall–Kier alpha value is -1.84. The molecule has 1 aromatic rings. The normalized spacial score (nSPS) is 28.0. The first kappa shape index (κ1) is 11.0. The van der Waals surface area contributed by atoms with Crippen molar-refractivity contribution in [3.05, 3.63) is 34.4 Å². The first-order valence-corrected chi connectivity index (χ1v) is 6.76. The number of hydrogen-bond donors (Lipinski definition) is 0. The maximum absolute atomic E-state index is 12.1. The number of fused-ring (bicyclic) bond motifs is 5.